The molecule has 2 bridgehead atoms. The Labute approximate surface area is 159 Å². The summed E-state index contributed by atoms with van der Waals surface area (Å²) in [6, 6.07) is 9.81. The molecule has 1 aromatic heterocycles. The van der Waals surface area contributed by atoms with Crippen LogP contribution in [0.5, 0.6) is 0 Å². The summed E-state index contributed by atoms with van der Waals surface area (Å²) < 4.78 is 19.3. The lowest BCUT2D eigenvalue weighted by molar-refractivity contribution is 0.0445. The molecule has 0 saturated heterocycles. The predicted octanol–water partition coefficient (Wildman–Crippen LogP) is 4.85. The standard InChI is InChI=1S/C21H25FN4O/c1-19(2,22)18-25-17(26-27-18)21-9-6-20(7-10-21,8-11-21)14-24-16-5-3-4-15(12-16)13-23/h3-5,12,24H,6-11,14H2,1-2H3. The number of rotatable bonds is 5. The van der Waals surface area contributed by atoms with E-state index in [9.17, 15) is 4.39 Å². The summed E-state index contributed by atoms with van der Waals surface area (Å²) in [5.41, 5.74) is 0.286. The molecule has 0 aliphatic heterocycles. The minimum atomic E-state index is -1.60. The number of aromatic nitrogens is 2. The summed E-state index contributed by atoms with van der Waals surface area (Å²) in [6.07, 6.45) is 6.33. The molecule has 3 fully saturated rings. The zero-order valence-electron chi connectivity index (χ0n) is 15.9. The highest BCUT2D eigenvalue weighted by atomic mass is 19.1. The second kappa shape index (κ2) is 6.33. The first-order chi connectivity index (χ1) is 12.8. The maximum atomic E-state index is 14.1. The van der Waals surface area contributed by atoms with Gasteiger partial charge in [0.2, 0.25) is 0 Å². The Morgan fingerprint density at radius 2 is 1.93 bits per heavy atom. The van der Waals surface area contributed by atoms with E-state index < -0.39 is 5.67 Å². The van der Waals surface area contributed by atoms with Gasteiger partial charge in [-0.1, -0.05) is 11.2 Å². The van der Waals surface area contributed by atoms with Crippen molar-refractivity contribution in [2.45, 2.75) is 63.5 Å². The maximum absolute atomic E-state index is 14.1. The number of benzene rings is 1. The van der Waals surface area contributed by atoms with E-state index >= 15 is 0 Å². The fourth-order valence-corrected chi connectivity index (χ4v) is 4.53. The van der Waals surface area contributed by atoms with Gasteiger partial charge in [-0.2, -0.15) is 10.2 Å². The molecule has 3 aliphatic carbocycles. The summed E-state index contributed by atoms with van der Waals surface area (Å²) in [4.78, 5) is 4.41. The van der Waals surface area contributed by atoms with Crippen LogP contribution in [-0.2, 0) is 11.1 Å². The third-order valence-corrected chi connectivity index (χ3v) is 6.47. The molecule has 0 atom stereocenters. The Morgan fingerprint density at radius 3 is 2.52 bits per heavy atom. The summed E-state index contributed by atoms with van der Waals surface area (Å²) >= 11 is 0. The van der Waals surface area contributed by atoms with Crippen LogP contribution in [0.2, 0.25) is 0 Å². The van der Waals surface area contributed by atoms with Gasteiger partial charge >= 0.3 is 0 Å². The van der Waals surface area contributed by atoms with Gasteiger partial charge in [-0.25, -0.2) is 4.39 Å². The Hall–Kier alpha value is -2.42. The van der Waals surface area contributed by atoms with Gasteiger partial charge in [-0.15, -0.1) is 0 Å². The zero-order valence-corrected chi connectivity index (χ0v) is 15.9. The minimum Gasteiger partial charge on any atom is -0.384 e. The van der Waals surface area contributed by atoms with Crippen LogP contribution in [0.15, 0.2) is 28.8 Å². The monoisotopic (exact) mass is 368 g/mol. The highest BCUT2D eigenvalue weighted by Gasteiger charge is 2.51. The number of anilines is 1. The molecule has 0 radical (unpaired) electrons. The highest BCUT2D eigenvalue weighted by Crippen LogP contribution is 2.57. The van der Waals surface area contributed by atoms with E-state index in [-0.39, 0.29) is 16.7 Å². The van der Waals surface area contributed by atoms with Crippen LogP contribution in [0.4, 0.5) is 10.1 Å². The molecule has 0 unspecified atom stereocenters. The van der Waals surface area contributed by atoms with Crippen molar-refractivity contribution >= 4 is 5.69 Å². The fourth-order valence-electron chi connectivity index (χ4n) is 4.53. The second-order valence-corrected chi connectivity index (χ2v) is 8.72. The molecule has 27 heavy (non-hydrogen) atoms. The molecule has 142 valence electrons. The van der Waals surface area contributed by atoms with E-state index in [4.69, 9.17) is 9.78 Å². The number of nitrogens with one attached hydrogen (secondary N) is 1. The molecular formula is C21H25FN4O. The van der Waals surface area contributed by atoms with Crippen molar-refractivity contribution in [2.75, 3.05) is 11.9 Å². The first kappa shape index (κ1) is 18.0. The predicted molar refractivity (Wildman–Crippen MR) is 99.9 cm³/mol. The molecule has 2 aromatic rings. The van der Waals surface area contributed by atoms with Crippen molar-refractivity contribution < 1.29 is 8.91 Å². The Kier molecular flexibility index (Phi) is 4.21. The van der Waals surface area contributed by atoms with Crippen LogP contribution >= 0.6 is 0 Å². The molecule has 1 aromatic carbocycles. The molecule has 0 spiro atoms. The number of nitrogens with zero attached hydrogens (tertiary/aromatic N) is 3. The Bertz CT molecular complexity index is 852. The molecule has 6 heteroatoms. The maximum Gasteiger partial charge on any atom is 0.263 e. The molecule has 3 saturated carbocycles. The van der Waals surface area contributed by atoms with Gasteiger partial charge in [0.1, 0.15) is 0 Å². The lowest BCUT2D eigenvalue weighted by Crippen LogP contribution is -2.47. The number of fused-ring (bicyclic) bond motifs is 3. The van der Waals surface area contributed by atoms with Gasteiger partial charge in [0.15, 0.2) is 11.5 Å². The number of nitriles is 1. The van der Waals surface area contributed by atoms with E-state index in [0.717, 1.165) is 50.8 Å². The largest absolute Gasteiger partial charge is 0.384 e. The van der Waals surface area contributed by atoms with Crippen LogP contribution in [-0.4, -0.2) is 16.7 Å². The van der Waals surface area contributed by atoms with Gasteiger partial charge in [-0.3, -0.25) is 0 Å². The van der Waals surface area contributed by atoms with Crippen molar-refractivity contribution in [2.24, 2.45) is 5.41 Å². The summed E-state index contributed by atoms with van der Waals surface area (Å²) in [5.74, 6) is 0.763. The number of hydrogen-bond donors (Lipinski definition) is 1. The van der Waals surface area contributed by atoms with Crippen molar-refractivity contribution in [1.82, 2.24) is 10.1 Å². The third kappa shape index (κ3) is 3.31. The van der Waals surface area contributed by atoms with E-state index in [1.807, 2.05) is 24.3 Å². The van der Waals surface area contributed by atoms with Crippen LogP contribution in [0.1, 0.15) is 69.7 Å². The molecule has 1 N–H and O–H groups in total. The first-order valence-corrected chi connectivity index (χ1v) is 9.62. The lowest BCUT2D eigenvalue weighted by Gasteiger charge is -2.52. The number of halogens is 1. The molecule has 0 amide bonds. The summed E-state index contributed by atoms with van der Waals surface area (Å²) in [6.45, 7) is 3.80. The van der Waals surface area contributed by atoms with E-state index in [1.165, 1.54) is 13.8 Å². The van der Waals surface area contributed by atoms with Gasteiger partial charge in [0.05, 0.1) is 11.6 Å². The zero-order chi connectivity index (χ0) is 19.1. The number of hydrogen-bond acceptors (Lipinski definition) is 5. The smallest absolute Gasteiger partial charge is 0.263 e. The second-order valence-electron chi connectivity index (χ2n) is 8.72. The van der Waals surface area contributed by atoms with Crippen LogP contribution in [0, 0.1) is 16.7 Å². The Morgan fingerprint density at radius 1 is 1.22 bits per heavy atom. The van der Waals surface area contributed by atoms with Crippen LogP contribution in [0.25, 0.3) is 0 Å². The normalized spacial score (nSPS) is 27.3. The molecule has 5 rings (SSSR count). The van der Waals surface area contributed by atoms with Gasteiger partial charge in [0, 0.05) is 17.6 Å². The average molecular weight is 368 g/mol. The Balaban J connectivity index is 1.43. The highest BCUT2D eigenvalue weighted by molar-refractivity contribution is 5.49. The van der Waals surface area contributed by atoms with Crippen molar-refractivity contribution in [1.29, 1.82) is 5.26 Å². The van der Waals surface area contributed by atoms with Crippen LogP contribution < -0.4 is 5.32 Å². The third-order valence-electron chi connectivity index (χ3n) is 6.47. The lowest BCUT2D eigenvalue weighted by atomic mass is 9.53. The fraction of sp³-hybridized carbons (Fsp3) is 0.571. The first-order valence-electron chi connectivity index (χ1n) is 9.62. The van der Waals surface area contributed by atoms with Crippen LogP contribution in [0.3, 0.4) is 0 Å². The SMILES string of the molecule is CC(C)(F)c1nc(C23CCC(CNc4cccc(C#N)c4)(CC2)CC3)no1. The van der Waals surface area contributed by atoms with E-state index in [2.05, 4.69) is 21.5 Å². The summed E-state index contributed by atoms with van der Waals surface area (Å²) in [7, 11) is 0. The molecule has 1 heterocycles. The van der Waals surface area contributed by atoms with Crippen molar-refractivity contribution in [3.05, 3.63) is 41.5 Å². The molecule has 3 aliphatic rings. The quantitative estimate of drug-likeness (QED) is 0.816. The van der Waals surface area contributed by atoms with Gasteiger partial charge in [0.25, 0.3) is 5.89 Å². The number of alkyl halides is 1. The molecular weight excluding hydrogens is 343 g/mol. The van der Waals surface area contributed by atoms with E-state index in [0.29, 0.717) is 11.4 Å². The average Bonchev–Trinajstić information content (AvgIpc) is 3.20. The molecule has 5 nitrogen and oxygen atoms in total. The topological polar surface area (TPSA) is 74.7 Å². The van der Waals surface area contributed by atoms with E-state index in [1.54, 1.807) is 0 Å². The van der Waals surface area contributed by atoms with Crippen molar-refractivity contribution in [3.8, 4) is 6.07 Å². The van der Waals surface area contributed by atoms with Crippen molar-refractivity contribution in [3.63, 3.8) is 0 Å². The summed E-state index contributed by atoms with van der Waals surface area (Å²) in [5, 5.41) is 16.7. The van der Waals surface area contributed by atoms with Gasteiger partial charge in [-0.05, 0) is 76.0 Å². The minimum absolute atomic E-state index is 0.0600. The van der Waals surface area contributed by atoms with Gasteiger partial charge < -0.3 is 9.84 Å².